The van der Waals surface area contributed by atoms with Crippen LogP contribution in [0.5, 0.6) is 0 Å². The van der Waals surface area contributed by atoms with Crippen LogP contribution in [0.1, 0.15) is 15.8 Å². The number of halogens is 2. The standard InChI is InChI=1S/C15H13BrFNS2/c1-18-13(7-12-6-10(16)8-19-12)15-5-9-4-11(17)2-3-14(9)20-15/h2-6,8,13,18H,7H2,1H3. The molecule has 5 heteroatoms. The summed E-state index contributed by atoms with van der Waals surface area (Å²) < 4.78 is 15.5. The Bertz CT molecular complexity index is 734. The number of nitrogens with one attached hydrogen (secondary N) is 1. The molecule has 0 amide bonds. The van der Waals surface area contributed by atoms with Crippen LogP contribution in [0.4, 0.5) is 4.39 Å². The zero-order valence-electron chi connectivity index (χ0n) is 10.8. The Labute approximate surface area is 133 Å². The fraction of sp³-hybridized carbons (Fsp3) is 0.200. The normalized spacial score (nSPS) is 12.9. The van der Waals surface area contributed by atoms with E-state index < -0.39 is 0 Å². The second kappa shape index (κ2) is 5.93. The SMILES string of the molecule is CNC(Cc1cc(Br)cs1)c1cc2cc(F)ccc2s1. The Morgan fingerprint density at radius 1 is 1.30 bits per heavy atom. The second-order valence-corrected chi connectivity index (χ2v) is 7.63. The number of rotatable bonds is 4. The molecule has 0 spiro atoms. The van der Waals surface area contributed by atoms with E-state index in [9.17, 15) is 4.39 Å². The molecule has 2 aromatic heterocycles. The maximum atomic E-state index is 13.3. The topological polar surface area (TPSA) is 12.0 Å². The predicted octanol–water partition coefficient (Wildman–Crippen LogP) is 5.37. The zero-order chi connectivity index (χ0) is 14.1. The fourth-order valence-electron chi connectivity index (χ4n) is 2.21. The van der Waals surface area contributed by atoms with Crippen molar-refractivity contribution in [3.05, 3.63) is 55.8 Å². The van der Waals surface area contributed by atoms with E-state index in [1.165, 1.54) is 15.8 Å². The molecule has 1 N–H and O–H groups in total. The molecule has 0 bridgehead atoms. The summed E-state index contributed by atoms with van der Waals surface area (Å²) in [6, 6.07) is 9.49. The van der Waals surface area contributed by atoms with Crippen LogP contribution in [0.2, 0.25) is 0 Å². The average Bonchev–Trinajstić information content (AvgIpc) is 3.01. The van der Waals surface area contributed by atoms with Gasteiger partial charge in [0, 0.05) is 36.8 Å². The predicted molar refractivity (Wildman–Crippen MR) is 89.3 cm³/mol. The number of hydrogen-bond donors (Lipinski definition) is 1. The third-order valence-corrected chi connectivity index (χ3v) is 6.17. The minimum absolute atomic E-state index is 0.176. The largest absolute Gasteiger partial charge is 0.312 e. The highest BCUT2D eigenvalue weighted by molar-refractivity contribution is 9.10. The van der Waals surface area contributed by atoms with Crippen LogP contribution in [0.25, 0.3) is 10.1 Å². The van der Waals surface area contributed by atoms with E-state index in [0.717, 1.165) is 21.0 Å². The van der Waals surface area contributed by atoms with Gasteiger partial charge in [0.15, 0.2) is 0 Å². The smallest absolute Gasteiger partial charge is 0.123 e. The first-order valence-corrected chi connectivity index (χ1v) is 8.74. The first-order valence-electron chi connectivity index (χ1n) is 6.25. The minimum atomic E-state index is -0.176. The van der Waals surface area contributed by atoms with Gasteiger partial charge in [0.05, 0.1) is 0 Å². The van der Waals surface area contributed by atoms with Gasteiger partial charge in [-0.3, -0.25) is 0 Å². The van der Waals surface area contributed by atoms with E-state index in [0.29, 0.717) is 0 Å². The van der Waals surface area contributed by atoms with E-state index in [1.807, 2.05) is 13.1 Å². The number of likely N-dealkylation sites (N-methyl/N-ethyl adjacent to an activating group) is 1. The van der Waals surface area contributed by atoms with Crippen LogP contribution in [-0.4, -0.2) is 7.05 Å². The molecule has 0 aliphatic rings. The quantitative estimate of drug-likeness (QED) is 0.651. The van der Waals surface area contributed by atoms with Crippen LogP contribution >= 0.6 is 38.6 Å². The molecule has 3 aromatic rings. The highest BCUT2D eigenvalue weighted by Gasteiger charge is 2.14. The van der Waals surface area contributed by atoms with Gasteiger partial charge >= 0.3 is 0 Å². The van der Waals surface area contributed by atoms with Gasteiger partial charge in [0.1, 0.15) is 5.82 Å². The summed E-state index contributed by atoms with van der Waals surface area (Å²) in [6.07, 6.45) is 0.946. The molecular weight excluding hydrogens is 357 g/mol. The Morgan fingerprint density at radius 3 is 2.85 bits per heavy atom. The van der Waals surface area contributed by atoms with Crippen molar-refractivity contribution >= 4 is 48.7 Å². The van der Waals surface area contributed by atoms with Gasteiger partial charge in [-0.25, -0.2) is 4.39 Å². The average molecular weight is 370 g/mol. The number of thiophene rings is 2. The van der Waals surface area contributed by atoms with E-state index >= 15 is 0 Å². The van der Waals surface area contributed by atoms with Gasteiger partial charge in [-0.15, -0.1) is 22.7 Å². The van der Waals surface area contributed by atoms with Crippen LogP contribution < -0.4 is 5.32 Å². The lowest BCUT2D eigenvalue weighted by Gasteiger charge is -2.12. The molecule has 1 unspecified atom stereocenters. The molecule has 0 saturated heterocycles. The zero-order valence-corrected chi connectivity index (χ0v) is 14.0. The number of fused-ring (bicyclic) bond motifs is 1. The van der Waals surface area contributed by atoms with E-state index in [2.05, 4.69) is 38.8 Å². The minimum Gasteiger partial charge on any atom is -0.312 e. The lowest BCUT2D eigenvalue weighted by Crippen LogP contribution is -2.17. The van der Waals surface area contributed by atoms with Crippen LogP contribution in [0.3, 0.4) is 0 Å². The molecule has 1 nitrogen and oxygen atoms in total. The third-order valence-electron chi connectivity index (χ3n) is 3.22. The van der Waals surface area contributed by atoms with E-state index in [4.69, 9.17) is 0 Å². The molecule has 0 aliphatic carbocycles. The van der Waals surface area contributed by atoms with Crippen molar-refractivity contribution in [2.75, 3.05) is 7.05 Å². The Kier molecular flexibility index (Phi) is 4.21. The van der Waals surface area contributed by atoms with Gasteiger partial charge in [0.2, 0.25) is 0 Å². The van der Waals surface area contributed by atoms with Crippen molar-refractivity contribution in [1.29, 1.82) is 0 Å². The molecule has 1 aromatic carbocycles. The van der Waals surface area contributed by atoms with Gasteiger partial charge in [0.25, 0.3) is 0 Å². The molecule has 1 atom stereocenters. The van der Waals surface area contributed by atoms with Crippen molar-refractivity contribution in [2.24, 2.45) is 0 Å². The molecule has 0 radical (unpaired) electrons. The van der Waals surface area contributed by atoms with Crippen molar-refractivity contribution < 1.29 is 4.39 Å². The maximum Gasteiger partial charge on any atom is 0.123 e. The third kappa shape index (κ3) is 2.96. The summed E-state index contributed by atoms with van der Waals surface area (Å²) in [6.45, 7) is 0. The monoisotopic (exact) mass is 369 g/mol. The lowest BCUT2D eigenvalue weighted by atomic mass is 10.1. The molecular formula is C15H13BrFNS2. The van der Waals surface area contributed by atoms with Gasteiger partial charge in [-0.1, -0.05) is 0 Å². The van der Waals surface area contributed by atoms with Gasteiger partial charge < -0.3 is 5.32 Å². The summed E-state index contributed by atoms with van der Waals surface area (Å²) in [4.78, 5) is 2.58. The Morgan fingerprint density at radius 2 is 2.15 bits per heavy atom. The van der Waals surface area contributed by atoms with Crippen molar-refractivity contribution in [3.8, 4) is 0 Å². The summed E-state index contributed by atoms with van der Waals surface area (Å²) in [5.41, 5.74) is 0. The molecule has 0 aliphatic heterocycles. The molecule has 104 valence electrons. The molecule has 3 rings (SSSR count). The maximum absolute atomic E-state index is 13.3. The summed E-state index contributed by atoms with van der Waals surface area (Å²) in [5, 5.41) is 6.44. The Balaban J connectivity index is 1.90. The summed E-state index contributed by atoms with van der Waals surface area (Å²) >= 11 is 6.97. The highest BCUT2D eigenvalue weighted by Crippen LogP contribution is 2.33. The molecule has 0 saturated carbocycles. The fourth-order valence-corrected chi connectivity index (χ4v) is 4.87. The Hall–Kier alpha value is -0.750. The van der Waals surface area contributed by atoms with E-state index in [1.54, 1.807) is 28.7 Å². The number of hydrogen-bond acceptors (Lipinski definition) is 3. The molecule has 20 heavy (non-hydrogen) atoms. The van der Waals surface area contributed by atoms with Crippen LogP contribution in [0.15, 0.2) is 40.2 Å². The lowest BCUT2D eigenvalue weighted by molar-refractivity contribution is 0.607. The van der Waals surface area contributed by atoms with Gasteiger partial charge in [-0.05, 0) is 58.7 Å². The number of benzene rings is 1. The van der Waals surface area contributed by atoms with Crippen molar-refractivity contribution in [3.63, 3.8) is 0 Å². The van der Waals surface area contributed by atoms with Crippen molar-refractivity contribution in [1.82, 2.24) is 5.32 Å². The molecule has 2 heterocycles. The van der Waals surface area contributed by atoms with Crippen LogP contribution in [0, 0.1) is 5.82 Å². The summed E-state index contributed by atoms with van der Waals surface area (Å²) in [5.74, 6) is -0.176. The first kappa shape index (κ1) is 14.2. The highest BCUT2D eigenvalue weighted by atomic mass is 79.9. The van der Waals surface area contributed by atoms with Crippen molar-refractivity contribution in [2.45, 2.75) is 12.5 Å². The first-order chi connectivity index (χ1) is 9.65. The second-order valence-electron chi connectivity index (χ2n) is 4.61. The van der Waals surface area contributed by atoms with Gasteiger partial charge in [-0.2, -0.15) is 0 Å². The summed E-state index contributed by atoms with van der Waals surface area (Å²) in [7, 11) is 1.97. The van der Waals surface area contributed by atoms with E-state index in [-0.39, 0.29) is 11.9 Å². The van der Waals surface area contributed by atoms with Crippen LogP contribution in [-0.2, 0) is 6.42 Å². The molecule has 0 fully saturated rings.